The zero-order chi connectivity index (χ0) is 14.7. The fourth-order valence-electron chi connectivity index (χ4n) is 1.80. The van der Waals surface area contributed by atoms with Crippen LogP contribution in [0.2, 0.25) is 0 Å². The van der Waals surface area contributed by atoms with Gasteiger partial charge in [-0.1, -0.05) is 0 Å². The minimum absolute atomic E-state index is 0.0286. The molecule has 0 bridgehead atoms. The number of aromatic nitrogens is 1. The van der Waals surface area contributed by atoms with Gasteiger partial charge < -0.3 is 18.6 Å². The third-order valence-electron chi connectivity index (χ3n) is 2.68. The molecule has 2 aromatic rings. The van der Waals surface area contributed by atoms with Crippen LogP contribution in [0.5, 0.6) is 17.2 Å². The smallest absolute Gasteiger partial charge is 0.274 e. The minimum atomic E-state index is -0.706. The molecule has 2 rings (SSSR count). The Balaban J connectivity index is 2.63. The summed E-state index contributed by atoms with van der Waals surface area (Å²) in [7, 11) is 4.49. The molecule has 106 valence electrons. The molecule has 0 saturated heterocycles. The summed E-state index contributed by atoms with van der Waals surface area (Å²) in [5.41, 5.74) is 0.571. The fourth-order valence-corrected chi connectivity index (χ4v) is 1.94. The molecule has 0 fully saturated rings. The lowest BCUT2D eigenvalue weighted by atomic mass is 10.1. The van der Waals surface area contributed by atoms with Crippen molar-refractivity contribution in [3.8, 4) is 28.6 Å². The molecule has 0 spiro atoms. The predicted octanol–water partition coefficient (Wildman–Crippen LogP) is 2.75. The maximum atomic E-state index is 11.3. The highest BCUT2D eigenvalue weighted by Gasteiger charge is 2.20. The van der Waals surface area contributed by atoms with Gasteiger partial charge in [-0.3, -0.25) is 4.79 Å². The Morgan fingerprint density at radius 2 is 1.75 bits per heavy atom. The number of methoxy groups -OCH3 is 3. The van der Waals surface area contributed by atoms with E-state index in [1.807, 2.05) is 0 Å². The molecule has 0 aliphatic rings. The van der Waals surface area contributed by atoms with Crippen molar-refractivity contribution in [1.29, 1.82) is 0 Å². The van der Waals surface area contributed by atoms with Crippen molar-refractivity contribution in [2.75, 3.05) is 21.3 Å². The van der Waals surface area contributed by atoms with E-state index in [0.29, 0.717) is 22.8 Å². The van der Waals surface area contributed by atoms with Crippen LogP contribution in [0.4, 0.5) is 0 Å². The number of rotatable bonds is 5. The Labute approximate surface area is 120 Å². The topological polar surface area (TPSA) is 70.8 Å². The lowest BCUT2D eigenvalue weighted by molar-refractivity contribution is 0.107. The number of ether oxygens (including phenoxy) is 3. The zero-order valence-corrected chi connectivity index (χ0v) is 11.9. The van der Waals surface area contributed by atoms with Crippen LogP contribution >= 0.6 is 11.6 Å². The zero-order valence-electron chi connectivity index (χ0n) is 11.1. The summed E-state index contributed by atoms with van der Waals surface area (Å²) in [5.74, 6) is 1.55. The number of halogens is 1. The molecule has 0 aliphatic carbocycles. The molecule has 1 heterocycles. The number of oxazole rings is 1. The van der Waals surface area contributed by atoms with Gasteiger partial charge in [0.15, 0.2) is 29.3 Å². The largest absolute Gasteiger partial charge is 0.493 e. The van der Waals surface area contributed by atoms with Gasteiger partial charge in [0.1, 0.15) is 0 Å². The molecule has 1 aromatic heterocycles. The number of nitrogens with zero attached hydrogens (tertiary/aromatic N) is 1. The fraction of sp³-hybridized carbons (Fsp3) is 0.231. The number of hydrogen-bond donors (Lipinski definition) is 0. The van der Waals surface area contributed by atoms with Crippen LogP contribution < -0.4 is 14.2 Å². The van der Waals surface area contributed by atoms with Crippen molar-refractivity contribution in [3.05, 3.63) is 24.2 Å². The van der Waals surface area contributed by atoms with Gasteiger partial charge in [0.25, 0.3) is 5.24 Å². The van der Waals surface area contributed by atoms with Crippen molar-refractivity contribution in [3.63, 3.8) is 0 Å². The Morgan fingerprint density at radius 3 is 2.20 bits per heavy atom. The first-order valence-electron chi connectivity index (χ1n) is 5.56. The maximum Gasteiger partial charge on any atom is 0.274 e. The van der Waals surface area contributed by atoms with Gasteiger partial charge >= 0.3 is 0 Å². The highest BCUT2D eigenvalue weighted by molar-refractivity contribution is 6.67. The Kier molecular flexibility index (Phi) is 4.14. The molecule has 0 atom stereocenters. The second kappa shape index (κ2) is 5.83. The SMILES string of the molecule is COc1cc(-c2ocnc2C(=O)Cl)cc(OC)c1OC. The molecule has 0 aliphatic heterocycles. The van der Waals surface area contributed by atoms with Gasteiger partial charge in [-0.15, -0.1) is 0 Å². The Bertz CT molecular complexity index is 612. The second-order valence-electron chi connectivity index (χ2n) is 3.72. The third-order valence-corrected chi connectivity index (χ3v) is 2.86. The molecule has 6 nitrogen and oxygen atoms in total. The van der Waals surface area contributed by atoms with Crippen LogP contribution in [0.15, 0.2) is 22.9 Å². The lowest BCUT2D eigenvalue weighted by Crippen LogP contribution is -1.97. The molecule has 1 aromatic carbocycles. The Morgan fingerprint density at radius 1 is 1.15 bits per heavy atom. The van der Waals surface area contributed by atoms with Gasteiger partial charge in [-0.05, 0) is 23.7 Å². The number of hydrogen-bond acceptors (Lipinski definition) is 6. The molecule has 0 N–H and O–H groups in total. The van der Waals surface area contributed by atoms with Crippen LogP contribution in [-0.2, 0) is 0 Å². The van der Waals surface area contributed by atoms with E-state index in [2.05, 4.69) is 4.98 Å². The van der Waals surface area contributed by atoms with Crippen molar-refractivity contribution in [1.82, 2.24) is 4.98 Å². The van der Waals surface area contributed by atoms with E-state index in [-0.39, 0.29) is 11.5 Å². The second-order valence-corrected chi connectivity index (χ2v) is 4.06. The first-order chi connectivity index (χ1) is 9.62. The molecule has 7 heteroatoms. The van der Waals surface area contributed by atoms with E-state index in [1.165, 1.54) is 21.3 Å². The van der Waals surface area contributed by atoms with E-state index < -0.39 is 5.24 Å². The van der Waals surface area contributed by atoms with Crippen LogP contribution in [0.1, 0.15) is 10.5 Å². The molecule has 0 amide bonds. The summed E-state index contributed by atoms with van der Waals surface area (Å²) in [6.45, 7) is 0. The van der Waals surface area contributed by atoms with E-state index in [4.69, 9.17) is 30.2 Å². The summed E-state index contributed by atoms with van der Waals surface area (Å²) in [6, 6.07) is 3.29. The standard InChI is InChI=1S/C13H12ClNO5/c1-17-8-4-7(5-9(18-2)12(8)19-3)11-10(13(14)16)15-6-20-11/h4-6H,1-3H3. The van der Waals surface area contributed by atoms with Gasteiger partial charge in [-0.25, -0.2) is 4.98 Å². The van der Waals surface area contributed by atoms with Crippen LogP contribution in [0, 0.1) is 0 Å². The quantitative estimate of drug-likeness (QED) is 0.790. The molecular weight excluding hydrogens is 286 g/mol. The summed E-state index contributed by atoms with van der Waals surface area (Å²) in [6.07, 6.45) is 1.15. The van der Waals surface area contributed by atoms with E-state index in [0.717, 1.165) is 6.39 Å². The maximum absolute atomic E-state index is 11.3. The van der Waals surface area contributed by atoms with Gasteiger partial charge in [-0.2, -0.15) is 0 Å². The monoisotopic (exact) mass is 297 g/mol. The summed E-state index contributed by atoms with van der Waals surface area (Å²) in [4.78, 5) is 15.1. The molecule has 0 unspecified atom stereocenters. The average Bonchev–Trinajstić information content (AvgIpc) is 2.95. The number of carbonyl (C=O) groups is 1. The predicted molar refractivity (Wildman–Crippen MR) is 71.8 cm³/mol. The van der Waals surface area contributed by atoms with Crippen molar-refractivity contribution in [2.45, 2.75) is 0 Å². The van der Waals surface area contributed by atoms with Crippen LogP contribution in [-0.4, -0.2) is 31.6 Å². The normalized spacial score (nSPS) is 10.2. The number of carbonyl (C=O) groups excluding carboxylic acids is 1. The molecule has 0 radical (unpaired) electrons. The van der Waals surface area contributed by atoms with Crippen LogP contribution in [0.3, 0.4) is 0 Å². The van der Waals surface area contributed by atoms with Crippen molar-refractivity contribution < 1.29 is 23.4 Å². The Hall–Kier alpha value is -2.21. The molecule has 20 heavy (non-hydrogen) atoms. The van der Waals surface area contributed by atoms with Crippen LogP contribution in [0.25, 0.3) is 11.3 Å². The highest BCUT2D eigenvalue weighted by atomic mass is 35.5. The first kappa shape index (κ1) is 14.2. The van der Waals surface area contributed by atoms with Gasteiger partial charge in [0.2, 0.25) is 5.75 Å². The summed E-state index contributed by atoms with van der Waals surface area (Å²) in [5, 5.41) is -0.706. The summed E-state index contributed by atoms with van der Waals surface area (Å²) >= 11 is 5.46. The van der Waals surface area contributed by atoms with E-state index in [1.54, 1.807) is 12.1 Å². The lowest BCUT2D eigenvalue weighted by Gasteiger charge is -2.13. The molecular formula is C13H12ClNO5. The van der Waals surface area contributed by atoms with Gasteiger partial charge in [0.05, 0.1) is 21.3 Å². The summed E-state index contributed by atoms with van der Waals surface area (Å²) < 4.78 is 20.9. The molecule has 0 saturated carbocycles. The van der Waals surface area contributed by atoms with Crippen molar-refractivity contribution in [2.24, 2.45) is 0 Å². The highest BCUT2D eigenvalue weighted by Crippen LogP contribution is 2.41. The minimum Gasteiger partial charge on any atom is -0.493 e. The third kappa shape index (κ3) is 2.42. The van der Waals surface area contributed by atoms with E-state index in [9.17, 15) is 4.79 Å². The van der Waals surface area contributed by atoms with Gasteiger partial charge in [0, 0.05) is 5.56 Å². The first-order valence-corrected chi connectivity index (χ1v) is 5.93. The van der Waals surface area contributed by atoms with E-state index >= 15 is 0 Å². The average molecular weight is 298 g/mol. The number of benzene rings is 1. The van der Waals surface area contributed by atoms with Crippen molar-refractivity contribution >= 4 is 16.8 Å².